The van der Waals surface area contributed by atoms with Gasteiger partial charge in [0.15, 0.2) is 0 Å². The highest BCUT2D eigenvalue weighted by Gasteiger charge is 2.19. The highest BCUT2D eigenvalue weighted by atomic mass is 16.5. The van der Waals surface area contributed by atoms with E-state index in [1.165, 1.54) is 12.8 Å². The van der Waals surface area contributed by atoms with E-state index in [0.717, 1.165) is 32.0 Å². The van der Waals surface area contributed by atoms with Gasteiger partial charge in [-0.2, -0.15) is 0 Å². The van der Waals surface area contributed by atoms with Gasteiger partial charge in [0.2, 0.25) is 0 Å². The molecule has 0 saturated heterocycles. The predicted octanol–water partition coefficient (Wildman–Crippen LogP) is 2.36. The van der Waals surface area contributed by atoms with Crippen LogP contribution in [0.4, 0.5) is 0 Å². The van der Waals surface area contributed by atoms with Gasteiger partial charge in [-0.3, -0.25) is 0 Å². The van der Waals surface area contributed by atoms with Gasteiger partial charge in [0, 0.05) is 19.8 Å². The molecule has 1 saturated carbocycles. The zero-order valence-electron chi connectivity index (χ0n) is 9.46. The van der Waals surface area contributed by atoms with Gasteiger partial charge in [0.25, 0.3) is 0 Å². The van der Waals surface area contributed by atoms with Crippen LogP contribution in [0.1, 0.15) is 32.6 Å². The molecule has 2 nitrogen and oxygen atoms in total. The fourth-order valence-corrected chi connectivity index (χ4v) is 1.39. The molecular formula is C12H23NO. The maximum Gasteiger partial charge on any atom is 0.0467 e. The first kappa shape index (κ1) is 11.7. The molecule has 14 heavy (non-hydrogen) atoms. The molecule has 0 radical (unpaired) electrons. The van der Waals surface area contributed by atoms with Crippen molar-refractivity contribution in [1.82, 2.24) is 5.32 Å². The Morgan fingerprint density at radius 1 is 1.50 bits per heavy atom. The number of nitrogens with one attached hydrogen (secondary N) is 1. The first-order valence-electron chi connectivity index (χ1n) is 5.72. The minimum Gasteiger partial charge on any atom is -0.385 e. The Morgan fingerprint density at radius 3 is 2.93 bits per heavy atom. The summed E-state index contributed by atoms with van der Waals surface area (Å²) in [5, 5.41) is 3.50. The maximum absolute atomic E-state index is 5.03. The van der Waals surface area contributed by atoms with E-state index in [0.29, 0.717) is 5.92 Å². The summed E-state index contributed by atoms with van der Waals surface area (Å²) in [6.45, 7) is 4.24. The molecule has 0 aromatic carbocycles. The van der Waals surface area contributed by atoms with Crippen molar-refractivity contribution in [2.24, 2.45) is 5.92 Å². The molecular weight excluding hydrogens is 174 g/mol. The molecule has 0 amide bonds. The molecule has 0 spiro atoms. The molecule has 1 aliphatic rings. The van der Waals surface area contributed by atoms with Crippen molar-refractivity contribution >= 4 is 0 Å². The van der Waals surface area contributed by atoms with Crippen LogP contribution in [-0.2, 0) is 4.74 Å². The van der Waals surface area contributed by atoms with E-state index >= 15 is 0 Å². The summed E-state index contributed by atoms with van der Waals surface area (Å²) in [6, 6.07) is 0.842. The Hall–Kier alpha value is -0.340. The lowest BCUT2D eigenvalue weighted by atomic mass is 10.1. The summed E-state index contributed by atoms with van der Waals surface area (Å²) >= 11 is 0. The van der Waals surface area contributed by atoms with E-state index in [9.17, 15) is 0 Å². The smallest absolute Gasteiger partial charge is 0.0467 e. The topological polar surface area (TPSA) is 21.3 Å². The van der Waals surface area contributed by atoms with Gasteiger partial charge in [0.1, 0.15) is 0 Å². The molecule has 1 aliphatic carbocycles. The van der Waals surface area contributed by atoms with Crippen LogP contribution in [0.25, 0.3) is 0 Å². The van der Waals surface area contributed by atoms with E-state index in [-0.39, 0.29) is 0 Å². The van der Waals surface area contributed by atoms with Crippen LogP contribution in [0.3, 0.4) is 0 Å². The third-order valence-corrected chi connectivity index (χ3v) is 2.56. The Bertz CT molecular complexity index is 164. The maximum atomic E-state index is 5.03. The standard InChI is InChI=1S/C12H23NO/c1-11(8-10-14-2)5-3-4-9-13-12-6-7-12/h3,5,11-13H,4,6-10H2,1-2H3/b5-3+. The number of methoxy groups -OCH3 is 1. The number of hydrogen-bond acceptors (Lipinski definition) is 2. The monoisotopic (exact) mass is 197 g/mol. The summed E-state index contributed by atoms with van der Waals surface area (Å²) in [4.78, 5) is 0. The van der Waals surface area contributed by atoms with Crippen molar-refractivity contribution < 1.29 is 4.74 Å². The Morgan fingerprint density at radius 2 is 2.29 bits per heavy atom. The molecule has 0 aliphatic heterocycles. The number of rotatable bonds is 8. The lowest BCUT2D eigenvalue weighted by Crippen LogP contribution is -2.16. The number of hydrogen-bond donors (Lipinski definition) is 1. The molecule has 0 aromatic rings. The average Bonchev–Trinajstić information content (AvgIpc) is 2.98. The normalized spacial score (nSPS) is 19.0. The second-order valence-corrected chi connectivity index (χ2v) is 4.20. The average molecular weight is 197 g/mol. The molecule has 1 atom stereocenters. The van der Waals surface area contributed by atoms with Gasteiger partial charge < -0.3 is 10.1 Å². The van der Waals surface area contributed by atoms with Crippen LogP contribution in [0, 0.1) is 5.92 Å². The highest BCUT2D eigenvalue weighted by molar-refractivity contribution is 4.88. The van der Waals surface area contributed by atoms with Gasteiger partial charge >= 0.3 is 0 Å². The lowest BCUT2D eigenvalue weighted by Gasteiger charge is -2.04. The summed E-state index contributed by atoms with van der Waals surface area (Å²) in [6.07, 6.45) is 9.64. The lowest BCUT2D eigenvalue weighted by molar-refractivity contribution is 0.186. The quantitative estimate of drug-likeness (QED) is 0.476. The van der Waals surface area contributed by atoms with E-state index in [1.807, 2.05) is 0 Å². The predicted molar refractivity (Wildman–Crippen MR) is 60.4 cm³/mol. The Balaban J connectivity index is 1.89. The van der Waals surface area contributed by atoms with Gasteiger partial charge in [-0.05, 0) is 38.1 Å². The number of allylic oxidation sites excluding steroid dienone is 1. The van der Waals surface area contributed by atoms with Crippen LogP contribution in [0.5, 0.6) is 0 Å². The molecule has 1 N–H and O–H groups in total. The van der Waals surface area contributed by atoms with Gasteiger partial charge in [-0.1, -0.05) is 19.1 Å². The highest BCUT2D eigenvalue weighted by Crippen LogP contribution is 2.18. The van der Waals surface area contributed by atoms with Gasteiger partial charge in [-0.25, -0.2) is 0 Å². The third-order valence-electron chi connectivity index (χ3n) is 2.56. The molecule has 1 unspecified atom stereocenters. The fourth-order valence-electron chi connectivity index (χ4n) is 1.39. The SMILES string of the molecule is COCCC(C)/C=C/CCNC1CC1. The van der Waals surface area contributed by atoms with Gasteiger partial charge in [-0.15, -0.1) is 0 Å². The largest absolute Gasteiger partial charge is 0.385 e. The van der Waals surface area contributed by atoms with Gasteiger partial charge in [0.05, 0.1) is 0 Å². The number of ether oxygens (including phenoxy) is 1. The minimum atomic E-state index is 0.649. The van der Waals surface area contributed by atoms with Crippen LogP contribution in [0.2, 0.25) is 0 Å². The molecule has 0 aromatic heterocycles. The summed E-state index contributed by atoms with van der Waals surface area (Å²) in [7, 11) is 1.76. The van der Waals surface area contributed by atoms with E-state index in [2.05, 4.69) is 24.4 Å². The van der Waals surface area contributed by atoms with Crippen molar-refractivity contribution in [1.29, 1.82) is 0 Å². The van der Waals surface area contributed by atoms with E-state index < -0.39 is 0 Å². The Labute approximate surface area is 87.7 Å². The summed E-state index contributed by atoms with van der Waals surface area (Å²) in [5.41, 5.74) is 0. The third kappa shape index (κ3) is 6.17. The Kier molecular flexibility index (Phi) is 5.88. The van der Waals surface area contributed by atoms with E-state index in [4.69, 9.17) is 4.74 Å². The van der Waals surface area contributed by atoms with Crippen LogP contribution in [0.15, 0.2) is 12.2 Å². The molecule has 0 bridgehead atoms. The molecule has 0 heterocycles. The minimum absolute atomic E-state index is 0.649. The summed E-state index contributed by atoms with van der Waals surface area (Å²) < 4.78 is 5.03. The molecule has 1 fully saturated rings. The van der Waals surface area contributed by atoms with Crippen LogP contribution >= 0.6 is 0 Å². The zero-order valence-corrected chi connectivity index (χ0v) is 9.46. The van der Waals surface area contributed by atoms with Crippen molar-refractivity contribution in [2.75, 3.05) is 20.3 Å². The van der Waals surface area contributed by atoms with Crippen molar-refractivity contribution in [3.8, 4) is 0 Å². The van der Waals surface area contributed by atoms with Crippen LogP contribution in [-0.4, -0.2) is 26.3 Å². The first-order valence-corrected chi connectivity index (χ1v) is 5.72. The van der Waals surface area contributed by atoms with Crippen LogP contribution < -0.4 is 5.32 Å². The zero-order chi connectivity index (χ0) is 10.2. The van der Waals surface area contributed by atoms with Crippen molar-refractivity contribution in [3.63, 3.8) is 0 Å². The second-order valence-electron chi connectivity index (χ2n) is 4.20. The second kappa shape index (κ2) is 7.02. The molecule has 82 valence electrons. The fraction of sp³-hybridized carbons (Fsp3) is 0.833. The van der Waals surface area contributed by atoms with E-state index in [1.54, 1.807) is 7.11 Å². The molecule has 2 heteroatoms. The van der Waals surface area contributed by atoms with Crippen molar-refractivity contribution in [3.05, 3.63) is 12.2 Å². The summed E-state index contributed by atoms with van der Waals surface area (Å²) in [5.74, 6) is 0.649. The van der Waals surface area contributed by atoms with Crippen molar-refractivity contribution in [2.45, 2.75) is 38.6 Å². The molecule has 1 rings (SSSR count). The first-order chi connectivity index (χ1) is 6.83.